The molecule has 1 amide bonds. The van der Waals surface area contributed by atoms with Crippen LogP contribution in [0.3, 0.4) is 0 Å². The van der Waals surface area contributed by atoms with Gasteiger partial charge in [0.05, 0.1) is 0 Å². The Bertz CT molecular complexity index is 1020. The van der Waals surface area contributed by atoms with Crippen molar-refractivity contribution in [3.05, 3.63) is 11.6 Å². The molecule has 4 nitrogen and oxygen atoms in total. The van der Waals surface area contributed by atoms with Crippen LogP contribution in [0.25, 0.3) is 0 Å². The van der Waals surface area contributed by atoms with E-state index in [1.54, 1.807) is 0 Å². The van der Waals surface area contributed by atoms with Crippen molar-refractivity contribution in [2.24, 2.45) is 28.6 Å². The Hall–Kier alpha value is -1.60. The molecular formula is C38H61NO3. The summed E-state index contributed by atoms with van der Waals surface area (Å²) in [4.78, 5) is 26.1. The first-order valence-electron chi connectivity index (χ1n) is 17.8. The van der Waals surface area contributed by atoms with Gasteiger partial charge < -0.3 is 10.0 Å². The molecule has 236 valence electrons. The molecule has 0 saturated heterocycles. The third-order valence-corrected chi connectivity index (χ3v) is 12.4. The molecule has 4 aliphatic carbocycles. The van der Waals surface area contributed by atoms with Crippen LogP contribution >= 0.6 is 0 Å². The lowest BCUT2D eigenvalue weighted by Crippen LogP contribution is -2.54. The van der Waals surface area contributed by atoms with Crippen molar-refractivity contribution in [1.29, 1.82) is 0 Å². The maximum Gasteiger partial charge on any atom is 0.222 e. The van der Waals surface area contributed by atoms with Gasteiger partial charge >= 0.3 is 0 Å². The zero-order valence-electron chi connectivity index (χ0n) is 27.6. The lowest BCUT2D eigenvalue weighted by Gasteiger charge is -2.58. The number of ketones is 1. The van der Waals surface area contributed by atoms with E-state index in [1.807, 2.05) is 18.0 Å². The van der Waals surface area contributed by atoms with Gasteiger partial charge in [0.15, 0.2) is 5.78 Å². The number of nitrogens with zero attached hydrogens (tertiary/aromatic N) is 1. The minimum absolute atomic E-state index is 0.0957. The van der Waals surface area contributed by atoms with E-state index in [-0.39, 0.29) is 10.8 Å². The van der Waals surface area contributed by atoms with Gasteiger partial charge in [0.1, 0.15) is 5.60 Å². The number of unbranched alkanes of at least 4 members (excludes halogenated alkanes) is 10. The zero-order valence-corrected chi connectivity index (χ0v) is 27.6. The molecule has 1 N–H and O–H groups in total. The van der Waals surface area contributed by atoms with Crippen LogP contribution in [0.5, 0.6) is 0 Å². The van der Waals surface area contributed by atoms with Gasteiger partial charge in [-0.1, -0.05) is 83.6 Å². The van der Waals surface area contributed by atoms with Crippen LogP contribution < -0.4 is 0 Å². The SMILES string of the molecule is CCCCN(C)C(=O)CCCCCCCCCCCC#C[C@]1(O)CCC2C3CCC4=CC(=O)CC[C@]4(C)C3CC[C@@]21C. The van der Waals surface area contributed by atoms with Crippen LogP contribution in [0.4, 0.5) is 0 Å². The zero-order chi connectivity index (χ0) is 30.2. The number of allylic oxidation sites excluding steroid dienone is 1. The second-order valence-electron chi connectivity index (χ2n) is 15.0. The first-order valence-corrected chi connectivity index (χ1v) is 17.8. The van der Waals surface area contributed by atoms with Crippen molar-refractivity contribution in [1.82, 2.24) is 4.90 Å². The van der Waals surface area contributed by atoms with Gasteiger partial charge in [-0.25, -0.2) is 0 Å². The Morgan fingerprint density at radius 2 is 1.57 bits per heavy atom. The average Bonchev–Trinajstić information content (AvgIpc) is 3.24. The summed E-state index contributed by atoms with van der Waals surface area (Å²) >= 11 is 0. The fourth-order valence-electron chi connectivity index (χ4n) is 9.43. The maximum absolute atomic E-state index is 12.1. The Balaban J connectivity index is 1.11. The van der Waals surface area contributed by atoms with Gasteiger partial charge in [0.2, 0.25) is 5.91 Å². The third kappa shape index (κ3) is 7.36. The second kappa shape index (κ2) is 14.9. The molecule has 3 fully saturated rings. The molecule has 4 heteroatoms. The van der Waals surface area contributed by atoms with Gasteiger partial charge in [-0.3, -0.25) is 9.59 Å². The molecule has 0 heterocycles. The molecule has 4 aliphatic rings. The smallest absolute Gasteiger partial charge is 0.222 e. The van der Waals surface area contributed by atoms with Crippen molar-refractivity contribution < 1.29 is 14.7 Å². The number of aliphatic hydroxyl groups is 1. The lowest BCUT2D eigenvalue weighted by atomic mass is 9.46. The van der Waals surface area contributed by atoms with Crippen molar-refractivity contribution in [3.63, 3.8) is 0 Å². The Labute approximate surface area is 257 Å². The first kappa shape index (κ1) is 33.3. The first-order chi connectivity index (χ1) is 20.1. The van der Waals surface area contributed by atoms with Crippen molar-refractivity contribution >= 4 is 11.7 Å². The lowest BCUT2D eigenvalue weighted by molar-refractivity contribution is -0.130. The third-order valence-electron chi connectivity index (χ3n) is 12.4. The molecular weight excluding hydrogens is 518 g/mol. The van der Waals surface area contributed by atoms with Crippen LogP contribution in [-0.4, -0.2) is 40.9 Å². The van der Waals surface area contributed by atoms with Crippen LogP contribution in [-0.2, 0) is 9.59 Å². The van der Waals surface area contributed by atoms with Crippen molar-refractivity contribution in [3.8, 4) is 11.8 Å². The number of carbonyl (C=O) groups excluding carboxylic acids is 2. The molecule has 0 radical (unpaired) electrons. The topological polar surface area (TPSA) is 57.6 Å². The Morgan fingerprint density at radius 1 is 0.905 bits per heavy atom. The summed E-state index contributed by atoms with van der Waals surface area (Å²) in [5, 5.41) is 11.9. The Morgan fingerprint density at radius 3 is 2.29 bits per heavy atom. The minimum Gasteiger partial charge on any atom is -0.377 e. The molecule has 0 aromatic carbocycles. The van der Waals surface area contributed by atoms with Gasteiger partial charge in [-0.15, -0.1) is 5.92 Å². The number of fused-ring (bicyclic) bond motifs is 5. The highest BCUT2D eigenvalue weighted by molar-refractivity contribution is 5.91. The summed E-state index contributed by atoms with van der Waals surface area (Å²) in [6.07, 6.45) is 24.9. The molecule has 0 aromatic heterocycles. The summed E-state index contributed by atoms with van der Waals surface area (Å²) in [7, 11) is 1.94. The monoisotopic (exact) mass is 579 g/mol. The predicted molar refractivity (Wildman–Crippen MR) is 173 cm³/mol. The molecule has 0 spiro atoms. The molecule has 42 heavy (non-hydrogen) atoms. The molecule has 3 unspecified atom stereocenters. The molecule has 0 bridgehead atoms. The highest BCUT2D eigenvalue weighted by atomic mass is 16.3. The van der Waals surface area contributed by atoms with E-state index in [4.69, 9.17) is 0 Å². The minimum atomic E-state index is -0.836. The second-order valence-corrected chi connectivity index (χ2v) is 15.0. The number of hydrogen-bond acceptors (Lipinski definition) is 3. The number of carbonyl (C=O) groups is 2. The largest absolute Gasteiger partial charge is 0.377 e. The summed E-state index contributed by atoms with van der Waals surface area (Å²) in [5.41, 5.74) is 0.681. The molecule has 4 rings (SSSR count). The van der Waals surface area contributed by atoms with Gasteiger partial charge in [-0.2, -0.15) is 0 Å². The molecule has 3 saturated carbocycles. The normalized spacial score (nSPS) is 33.6. The molecule has 0 aliphatic heterocycles. The van der Waals surface area contributed by atoms with E-state index in [0.717, 1.165) is 77.2 Å². The highest BCUT2D eigenvalue weighted by Gasteiger charge is 2.63. The van der Waals surface area contributed by atoms with Gasteiger partial charge in [0, 0.05) is 38.3 Å². The standard InChI is InChI=1S/C38H61NO3/c1-5-6-28-39(4)35(41)18-16-14-12-10-8-7-9-11-13-15-17-24-38(42)27-23-34-32-20-19-30-29-31(40)21-25-36(30,2)33(32)22-26-37(34,38)3/h29,32-34,42H,5-16,18-23,25-28H2,1-4H3/t32?,33?,34?,36-,37-,38-/m0/s1. The van der Waals surface area contributed by atoms with Crippen LogP contribution in [0.1, 0.15) is 156 Å². The fourth-order valence-corrected chi connectivity index (χ4v) is 9.43. The van der Waals surface area contributed by atoms with E-state index in [0.29, 0.717) is 42.3 Å². The number of amides is 1. The van der Waals surface area contributed by atoms with Gasteiger partial charge in [-0.05, 0) is 93.5 Å². The summed E-state index contributed by atoms with van der Waals surface area (Å²) in [6, 6.07) is 0. The van der Waals surface area contributed by atoms with Gasteiger partial charge in [0.25, 0.3) is 0 Å². The number of rotatable bonds is 14. The molecule has 0 aromatic rings. The molecule has 6 atom stereocenters. The van der Waals surface area contributed by atoms with E-state index >= 15 is 0 Å². The summed E-state index contributed by atoms with van der Waals surface area (Å²) < 4.78 is 0. The summed E-state index contributed by atoms with van der Waals surface area (Å²) in [6.45, 7) is 7.84. The van der Waals surface area contributed by atoms with Crippen LogP contribution in [0, 0.1) is 40.4 Å². The van der Waals surface area contributed by atoms with Crippen LogP contribution in [0.2, 0.25) is 0 Å². The van der Waals surface area contributed by atoms with E-state index in [2.05, 4.69) is 32.6 Å². The summed E-state index contributed by atoms with van der Waals surface area (Å²) in [5.74, 6) is 9.38. The average molecular weight is 580 g/mol. The number of hydrogen-bond donors (Lipinski definition) is 1. The quantitative estimate of drug-likeness (QED) is 0.165. The van der Waals surface area contributed by atoms with Crippen molar-refractivity contribution in [2.75, 3.05) is 13.6 Å². The highest BCUT2D eigenvalue weighted by Crippen LogP contribution is 2.67. The maximum atomic E-state index is 12.1. The predicted octanol–water partition coefficient (Wildman–Crippen LogP) is 8.80. The Kier molecular flexibility index (Phi) is 11.8. The van der Waals surface area contributed by atoms with E-state index in [1.165, 1.54) is 56.9 Å². The van der Waals surface area contributed by atoms with E-state index < -0.39 is 5.60 Å². The fraction of sp³-hybridized carbons (Fsp3) is 0.842. The van der Waals surface area contributed by atoms with Crippen molar-refractivity contribution in [2.45, 2.75) is 161 Å². The van der Waals surface area contributed by atoms with E-state index in [9.17, 15) is 14.7 Å². The van der Waals surface area contributed by atoms with Crippen LogP contribution in [0.15, 0.2) is 11.6 Å².